The van der Waals surface area contributed by atoms with Crippen LogP contribution in [0.4, 0.5) is 0 Å². The number of rotatable bonds is 7. The average Bonchev–Trinajstić information content (AvgIpc) is 2.16. The van der Waals surface area contributed by atoms with Crippen LogP contribution in [0.25, 0.3) is 0 Å². The molecule has 4 nitrogen and oxygen atoms in total. The van der Waals surface area contributed by atoms with Crippen LogP contribution in [0.2, 0.25) is 0 Å². The number of carboxylic acids is 2. The Kier molecular flexibility index (Phi) is 6.42. The zero-order valence-corrected chi connectivity index (χ0v) is 9.19. The molecule has 0 aromatic heterocycles. The van der Waals surface area contributed by atoms with Gasteiger partial charge in [0, 0.05) is 5.57 Å². The fourth-order valence-electron chi connectivity index (χ4n) is 1.23. The minimum Gasteiger partial charge on any atom is -0.481 e. The Bertz CT molecular complexity index is 255. The summed E-state index contributed by atoms with van der Waals surface area (Å²) < 4.78 is 0. The van der Waals surface area contributed by atoms with Crippen molar-refractivity contribution >= 4 is 11.9 Å². The molecule has 15 heavy (non-hydrogen) atoms. The summed E-state index contributed by atoms with van der Waals surface area (Å²) >= 11 is 0. The Hall–Kier alpha value is -1.32. The Morgan fingerprint density at radius 2 is 1.87 bits per heavy atom. The van der Waals surface area contributed by atoms with E-state index in [4.69, 9.17) is 10.2 Å². The van der Waals surface area contributed by atoms with E-state index in [0.29, 0.717) is 6.42 Å². The van der Waals surface area contributed by atoms with Crippen molar-refractivity contribution in [2.75, 3.05) is 0 Å². The second kappa shape index (κ2) is 7.04. The number of carbonyl (C=O) groups is 2. The smallest absolute Gasteiger partial charge is 0.332 e. The maximum absolute atomic E-state index is 10.8. The average molecular weight is 214 g/mol. The van der Waals surface area contributed by atoms with Crippen LogP contribution < -0.4 is 0 Å². The highest BCUT2D eigenvalue weighted by molar-refractivity contribution is 5.93. The normalized spacial score (nSPS) is 13.6. The molecule has 0 unspecified atom stereocenters. The first-order chi connectivity index (χ1) is 7.00. The maximum Gasteiger partial charge on any atom is 0.332 e. The minimum absolute atomic E-state index is 0.0152. The van der Waals surface area contributed by atoms with Gasteiger partial charge in [0.2, 0.25) is 0 Å². The molecule has 0 heterocycles. The number of hydrogen-bond acceptors (Lipinski definition) is 2. The molecule has 0 amide bonds. The van der Waals surface area contributed by atoms with E-state index in [1.807, 2.05) is 0 Å². The van der Waals surface area contributed by atoms with Gasteiger partial charge in [0.15, 0.2) is 0 Å². The molecular weight excluding hydrogens is 196 g/mol. The van der Waals surface area contributed by atoms with Gasteiger partial charge in [-0.05, 0) is 19.8 Å². The monoisotopic (exact) mass is 214 g/mol. The van der Waals surface area contributed by atoms with Gasteiger partial charge in [0.05, 0.1) is 5.92 Å². The van der Waals surface area contributed by atoms with Crippen molar-refractivity contribution < 1.29 is 19.8 Å². The largest absolute Gasteiger partial charge is 0.481 e. The standard InChI is InChI=1S/C11H18O4/c1-3-4-5-6-7-9(11(14)15)8(2)10(12)13/h7-8H,3-6H2,1-2H3,(H,12,13)(H,14,15)/b9-7+/t8-/m1/s1. The third-order valence-corrected chi connectivity index (χ3v) is 2.26. The van der Waals surface area contributed by atoms with Crippen molar-refractivity contribution in [2.45, 2.75) is 39.5 Å². The molecule has 0 fully saturated rings. The topological polar surface area (TPSA) is 74.6 Å². The van der Waals surface area contributed by atoms with E-state index in [-0.39, 0.29) is 5.57 Å². The molecule has 0 bridgehead atoms. The molecule has 0 rings (SSSR count). The third-order valence-electron chi connectivity index (χ3n) is 2.26. The SMILES string of the molecule is CCCCC/C=C(/C(=O)O)[C@@H](C)C(=O)O. The summed E-state index contributed by atoms with van der Waals surface area (Å²) in [6.07, 6.45) is 5.15. The molecule has 86 valence electrons. The van der Waals surface area contributed by atoms with Crippen LogP contribution in [-0.2, 0) is 9.59 Å². The molecule has 0 radical (unpaired) electrons. The van der Waals surface area contributed by atoms with Crippen LogP contribution in [0.1, 0.15) is 39.5 Å². The third kappa shape index (κ3) is 5.20. The lowest BCUT2D eigenvalue weighted by Crippen LogP contribution is -2.18. The number of aliphatic carboxylic acids is 2. The van der Waals surface area contributed by atoms with Gasteiger partial charge in [0.25, 0.3) is 0 Å². The van der Waals surface area contributed by atoms with Gasteiger partial charge in [-0.3, -0.25) is 4.79 Å². The first kappa shape index (κ1) is 13.7. The first-order valence-corrected chi connectivity index (χ1v) is 5.16. The Labute approximate surface area is 89.6 Å². The number of carboxylic acid groups (broad SMARTS) is 2. The predicted octanol–water partition coefficient (Wildman–Crippen LogP) is 2.30. The van der Waals surface area contributed by atoms with E-state index in [9.17, 15) is 9.59 Å². The van der Waals surface area contributed by atoms with E-state index in [0.717, 1.165) is 19.3 Å². The quantitative estimate of drug-likeness (QED) is 0.503. The lowest BCUT2D eigenvalue weighted by molar-refractivity contribution is -0.143. The molecular formula is C11H18O4. The van der Waals surface area contributed by atoms with E-state index in [2.05, 4.69) is 6.92 Å². The Balaban J connectivity index is 4.38. The fourth-order valence-corrected chi connectivity index (χ4v) is 1.23. The van der Waals surface area contributed by atoms with Crippen LogP contribution in [-0.4, -0.2) is 22.2 Å². The molecule has 1 atom stereocenters. The van der Waals surface area contributed by atoms with Crippen LogP contribution >= 0.6 is 0 Å². The van der Waals surface area contributed by atoms with Crippen molar-refractivity contribution in [1.29, 1.82) is 0 Å². The molecule has 0 spiro atoms. The zero-order valence-electron chi connectivity index (χ0n) is 9.19. The highest BCUT2D eigenvalue weighted by atomic mass is 16.4. The predicted molar refractivity (Wildman–Crippen MR) is 56.7 cm³/mol. The van der Waals surface area contributed by atoms with Crippen molar-refractivity contribution in [3.05, 3.63) is 11.6 Å². The molecule has 0 aliphatic heterocycles. The number of allylic oxidation sites excluding steroid dienone is 1. The fraction of sp³-hybridized carbons (Fsp3) is 0.636. The Morgan fingerprint density at radius 3 is 2.27 bits per heavy atom. The van der Waals surface area contributed by atoms with Crippen LogP contribution in [0.15, 0.2) is 11.6 Å². The van der Waals surface area contributed by atoms with Gasteiger partial charge in [-0.15, -0.1) is 0 Å². The molecule has 0 aliphatic carbocycles. The van der Waals surface area contributed by atoms with Gasteiger partial charge in [-0.25, -0.2) is 4.79 Å². The lowest BCUT2D eigenvalue weighted by Gasteiger charge is -2.07. The summed E-state index contributed by atoms with van der Waals surface area (Å²) in [5, 5.41) is 17.5. The van der Waals surface area contributed by atoms with Crippen molar-refractivity contribution in [3.8, 4) is 0 Å². The van der Waals surface area contributed by atoms with Crippen molar-refractivity contribution in [3.63, 3.8) is 0 Å². The van der Waals surface area contributed by atoms with Gasteiger partial charge >= 0.3 is 11.9 Å². The molecule has 2 N–H and O–H groups in total. The molecule has 0 saturated carbocycles. The highest BCUT2D eigenvalue weighted by Crippen LogP contribution is 2.13. The molecule has 4 heteroatoms. The van der Waals surface area contributed by atoms with Gasteiger partial charge in [0.1, 0.15) is 0 Å². The molecule has 0 aromatic carbocycles. The van der Waals surface area contributed by atoms with Gasteiger partial charge in [-0.2, -0.15) is 0 Å². The summed E-state index contributed by atoms with van der Waals surface area (Å²) in [6.45, 7) is 3.45. The number of hydrogen-bond donors (Lipinski definition) is 2. The van der Waals surface area contributed by atoms with Gasteiger partial charge in [-0.1, -0.05) is 25.8 Å². The van der Waals surface area contributed by atoms with E-state index < -0.39 is 17.9 Å². The van der Waals surface area contributed by atoms with E-state index in [1.165, 1.54) is 13.0 Å². The molecule has 0 saturated heterocycles. The minimum atomic E-state index is -1.14. The summed E-state index contributed by atoms with van der Waals surface area (Å²) in [7, 11) is 0. The van der Waals surface area contributed by atoms with Gasteiger partial charge < -0.3 is 10.2 Å². The second-order valence-electron chi connectivity index (χ2n) is 3.52. The molecule has 0 aromatic rings. The van der Waals surface area contributed by atoms with Crippen LogP contribution in [0.5, 0.6) is 0 Å². The Morgan fingerprint density at radius 1 is 1.27 bits per heavy atom. The van der Waals surface area contributed by atoms with Crippen molar-refractivity contribution in [1.82, 2.24) is 0 Å². The van der Waals surface area contributed by atoms with E-state index in [1.54, 1.807) is 0 Å². The van der Waals surface area contributed by atoms with Crippen molar-refractivity contribution in [2.24, 2.45) is 5.92 Å². The zero-order chi connectivity index (χ0) is 11.8. The summed E-state index contributed by atoms with van der Waals surface area (Å²) in [5.74, 6) is -3.18. The highest BCUT2D eigenvalue weighted by Gasteiger charge is 2.21. The maximum atomic E-state index is 10.8. The van der Waals surface area contributed by atoms with Crippen LogP contribution in [0.3, 0.4) is 0 Å². The number of unbranched alkanes of at least 4 members (excludes halogenated alkanes) is 3. The summed E-state index contributed by atoms with van der Waals surface area (Å²) in [5.41, 5.74) is -0.0152. The van der Waals surface area contributed by atoms with Crippen LogP contribution in [0, 0.1) is 5.92 Å². The summed E-state index contributed by atoms with van der Waals surface area (Å²) in [6, 6.07) is 0. The summed E-state index contributed by atoms with van der Waals surface area (Å²) in [4.78, 5) is 21.4. The lowest BCUT2D eigenvalue weighted by atomic mass is 9.99. The second-order valence-corrected chi connectivity index (χ2v) is 3.52. The first-order valence-electron chi connectivity index (χ1n) is 5.16. The molecule has 0 aliphatic rings. The van der Waals surface area contributed by atoms with E-state index >= 15 is 0 Å².